The molecule has 1 aliphatic carbocycles. The van der Waals surface area contributed by atoms with Crippen LogP contribution in [0.3, 0.4) is 0 Å². The zero-order valence-electron chi connectivity index (χ0n) is 20.2. The lowest BCUT2D eigenvalue weighted by molar-refractivity contribution is -0.122. The molecular formula is C24H32Cl2FN7O2. The molecule has 0 bridgehead atoms. The first-order chi connectivity index (χ1) is 17.3. The Kier molecular flexibility index (Phi) is 8.92. The van der Waals surface area contributed by atoms with Crippen LogP contribution in [-0.4, -0.2) is 61.6 Å². The minimum atomic E-state index is -0.568. The van der Waals surface area contributed by atoms with Gasteiger partial charge in [-0.25, -0.2) is 14.4 Å². The number of carbonyl (C=O) groups excluding carboxylic acids is 1. The molecule has 12 heteroatoms. The maximum Gasteiger partial charge on any atom is 0.220 e. The van der Waals surface area contributed by atoms with Crippen molar-refractivity contribution in [3.8, 4) is 0 Å². The molecule has 2 aliphatic heterocycles. The molecule has 4 rings (SSSR count). The molecule has 1 saturated carbocycles. The minimum Gasteiger partial charge on any atom is -0.381 e. The van der Waals surface area contributed by atoms with Gasteiger partial charge in [0.25, 0.3) is 0 Å². The molecule has 0 spiro atoms. The van der Waals surface area contributed by atoms with Crippen molar-refractivity contribution in [2.24, 2.45) is 21.6 Å². The van der Waals surface area contributed by atoms with Crippen molar-refractivity contribution >= 4 is 46.7 Å². The van der Waals surface area contributed by atoms with E-state index in [1.54, 1.807) is 6.20 Å². The fourth-order valence-electron chi connectivity index (χ4n) is 4.75. The number of halogens is 3. The Labute approximate surface area is 220 Å². The molecule has 1 aromatic carbocycles. The fourth-order valence-corrected chi connectivity index (χ4v) is 5.27. The lowest BCUT2D eigenvalue weighted by Crippen LogP contribution is -2.44. The molecule has 0 unspecified atom stereocenters. The van der Waals surface area contributed by atoms with Crippen molar-refractivity contribution in [1.82, 2.24) is 15.5 Å². The predicted octanol–water partition coefficient (Wildman–Crippen LogP) is 3.45. The molecule has 0 aromatic heterocycles. The number of ether oxygens (including phenoxy) is 1. The lowest BCUT2D eigenvalue weighted by Gasteiger charge is -2.35. The summed E-state index contributed by atoms with van der Waals surface area (Å²) in [4.78, 5) is 23.0. The summed E-state index contributed by atoms with van der Waals surface area (Å²) in [5.41, 5.74) is 6.33. The van der Waals surface area contributed by atoms with Crippen LogP contribution in [0, 0.1) is 11.7 Å². The summed E-state index contributed by atoms with van der Waals surface area (Å²) < 4.78 is 20.1. The molecule has 5 N–H and O–H groups in total. The van der Waals surface area contributed by atoms with Crippen LogP contribution in [0.2, 0.25) is 10.0 Å². The number of amides is 1. The molecule has 196 valence electrons. The molecule has 36 heavy (non-hydrogen) atoms. The molecule has 1 aromatic rings. The number of guanidine groups is 2. The summed E-state index contributed by atoms with van der Waals surface area (Å²) in [6.45, 7) is 1.94. The third-order valence-electron chi connectivity index (χ3n) is 6.78. The van der Waals surface area contributed by atoms with Gasteiger partial charge in [0.1, 0.15) is 5.82 Å². The summed E-state index contributed by atoms with van der Waals surface area (Å²) in [5.74, 6) is 0.177. The number of hydrogen-bond acceptors (Lipinski definition) is 6. The number of carbonyl (C=O) groups is 1. The topological polar surface area (TPSA) is 116 Å². The van der Waals surface area contributed by atoms with Crippen molar-refractivity contribution in [3.63, 3.8) is 0 Å². The van der Waals surface area contributed by atoms with E-state index in [4.69, 9.17) is 38.7 Å². The molecule has 1 saturated heterocycles. The number of primary amides is 1. The van der Waals surface area contributed by atoms with E-state index in [1.165, 1.54) is 12.1 Å². The second-order valence-corrected chi connectivity index (χ2v) is 10.1. The van der Waals surface area contributed by atoms with Crippen LogP contribution >= 0.6 is 23.2 Å². The molecule has 0 atom stereocenters. The van der Waals surface area contributed by atoms with Gasteiger partial charge in [-0.05, 0) is 50.7 Å². The van der Waals surface area contributed by atoms with E-state index in [0.29, 0.717) is 43.0 Å². The summed E-state index contributed by atoms with van der Waals surface area (Å²) in [5, 5.41) is 9.93. The number of benzene rings is 1. The molecule has 1 amide bonds. The van der Waals surface area contributed by atoms with Crippen molar-refractivity contribution < 1.29 is 13.9 Å². The van der Waals surface area contributed by atoms with E-state index in [-0.39, 0.29) is 33.6 Å². The highest BCUT2D eigenvalue weighted by Gasteiger charge is 2.33. The molecule has 0 radical (unpaired) electrons. The van der Waals surface area contributed by atoms with E-state index in [2.05, 4.69) is 25.8 Å². The Morgan fingerprint density at radius 1 is 1.22 bits per heavy atom. The average molecular weight is 540 g/mol. The molecule has 3 aliphatic rings. The van der Waals surface area contributed by atoms with E-state index in [1.807, 2.05) is 7.05 Å². The van der Waals surface area contributed by atoms with Gasteiger partial charge >= 0.3 is 0 Å². The standard InChI is InChI=1S/C24H32Cl2FN7O2/c1-29-23(31-16-6-8-36-9-7-16)30-12-17-13-34(18-4-2-14(3-5-18)22(28)35)24(32-17)33-21-19(26)10-15(25)11-20(21)27/h10-12,14,16,18H,2-9,13H2,1H3,(H2,28,35)(H,32,33)(H2,29,30,31)/b17-12+/t14-,18+. The monoisotopic (exact) mass is 539 g/mol. The van der Waals surface area contributed by atoms with Crippen molar-refractivity contribution in [2.75, 3.05) is 32.1 Å². The molecular weight excluding hydrogens is 508 g/mol. The number of anilines is 1. The quantitative estimate of drug-likeness (QED) is 0.336. The Morgan fingerprint density at radius 3 is 2.58 bits per heavy atom. The van der Waals surface area contributed by atoms with Gasteiger partial charge in [0.15, 0.2) is 5.96 Å². The first kappa shape index (κ1) is 26.5. The number of hydrogen-bond donors (Lipinski definition) is 4. The van der Waals surface area contributed by atoms with Crippen molar-refractivity contribution in [1.29, 1.82) is 0 Å². The SMILES string of the molecule is CN/C(=N\C=C1/CN([C@H]2CC[C@@H](C(N)=O)CC2)C(Nc2c(F)cc(Cl)cc2Cl)=N1)NC1CCOCC1. The highest BCUT2D eigenvalue weighted by molar-refractivity contribution is 6.36. The maximum atomic E-state index is 14.7. The van der Waals surface area contributed by atoms with Crippen LogP contribution in [-0.2, 0) is 9.53 Å². The van der Waals surface area contributed by atoms with Gasteiger partial charge in [0.2, 0.25) is 11.9 Å². The highest BCUT2D eigenvalue weighted by atomic mass is 35.5. The second kappa shape index (κ2) is 12.1. The van der Waals surface area contributed by atoms with Crippen LogP contribution in [0.4, 0.5) is 10.1 Å². The number of nitrogens with one attached hydrogen (secondary N) is 3. The van der Waals surface area contributed by atoms with Crippen LogP contribution in [0.25, 0.3) is 0 Å². The number of rotatable bonds is 5. The van der Waals surface area contributed by atoms with Gasteiger partial charge < -0.3 is 31.3 Å². The van der Waals surface area contributed by atoms with Gasteiger partial charge in [-0.2, -0.15) is 0 Å². The Hall–Kier alpha value is -2.56. The van der Waals surface area contributed by atoms with Gasteiger partial charge in [-0.3, -0.25) is 4.79 Å². The lowest BCUT2D eigenvalue weighted by atomic mass is 9.85. The third-order valence-corrected chi connectivity index (χ3v) is 7.30. The van der Waals surface area contributed by atoms with Gasteiger partial charge in [-0.1, -0.05) is 23.2 Å². The average Bonchev–Trinajstić information content (AvgIpc) is 3.27. The summed E-state index contributed by atoms with van der Waals surface area (Å²) in [6.07, 6.45) is 6.49. The minimum absolute atomic E-state index is 0.109. The number of aliphatic imine (C=N–C) groups is 2. The molecule has 9 nitrogen and oxygen atoms in total. The largest absolute Gasteiger partial charge is 0.381 e. The van der Waals surface area contributed by atoms with E-state index in [0.717, 1.165) is 38.9 Å². The third kappa shape index (κ3) is 6.60. The van der Waals surface area contributed by atoms with E-state index < -0.39 is 5.82 Å². The highest BCUT2D eigenvalue weighted by Crippen LogP contribution is 2.33. The van der Waals surface area contributed by atoms with E-state index >= 15 is 0 Å². The Bertz CT molecular complexity index is 1030. The zero-order chi connectivity index (χ0) is 25.7. The number of nitrogens with two attached hydrogens (primary N) is 1. The van der Waals surface area contributed by atoms with Crippen LogP contribution in [0.5, 0.6) is 0 Å². The predicted molar refractivity (Wildman–Crippen MR) is 141 cm³/mol. The summed E-state index contributed by atoms with van der Waals surface area (Å²) in [7, 11) is 1.81. The second-order valence-electron chi connectivity index (χ2n) is 9.22. The normalized spacial score (nSPS) is 24.6. The first-order valence-corrected chi connectivity index (χ1v) is 12.9. The number of nitrogens with zero attached hydrogens (tertiary/aromatic N) is 3. The Morgan fingerprint density at radius 2 is 1.94 bits per heavy atom. The van der Waals surface area contributed by atoms with Gasteiger partial charge in [-0.15, -0.1) is 0 Å². The summed E-state index contributed by atoms with van der Waals surface area (Å²) >= 11 is 12.2. The molecule has 2 heterocycles. The van der Waals surface area contributed by atoms with Crippen LogP contribution in [0.15, 0.2) is 34.0 Å². The maximum absolute atomic E-state index is 14.7. The van der Waals surface area contributed by atoms with Crippen LogP contribution in [0.1, 0.15) is 38.5 Å². The van der Waals surface area contributed by atoms with Gasteiger partial charge in [0.05, 0.1) is 29.2 Å². The summed E-state index contributed by atoms with van der Waals surface area (Å²) in [6, 6.07) is 3.09. The Balaban J connectivity index is 1.55. The fraction of sp³-hybridized carbons (Fsp3) is 0.542. The zero-order valence-corrected chi connectivity index (χ0v) is 21.7. The van der Waals surface area contributed by atoms with Crippen molar-refractivity contribution in [3.05, 3.63) is 39.9 Å². The smallest absolute Gasteiger partial charge is 0.220 e. The van der Waals surface area contributed by atoms with Gasteiger partial charge in [0, 0.05) is 43.3 Å². The van der Waals surface area contributed by atoms with Crippen molar-refractivity contribution in [2.45, 2.75) is 50.6 Å². The first-order valence-electron chi connectivity index (χ1n) is 12.2. The van der Waals surface area contributed by atoms with Crippen LogP contribution < -0.4 is 21.7 Å². The van der Waals surface area contributed by atoms with E-state index in [9.17, 15) is 9.18 Å². The molecule has 2 fully saturated rings.